The summed E-state index contributed by atoms with van der Waals surface area (Å²) in [6.45, 7) is 7.05. The van der Waals surface area contributed by atoms with Crippen LogP contribution in [0.4, 0.5) is 0 Å². The predicted octanol–water partition coefficient (Wildman–Crippen LogP) is 4.71. The van der Waals surface area contributed by atoms with E-state index in [1.54, 1.807) is 0 Å². The Morgan fingerprint density at radius 1 is 1.45 bits per heavy atom. The molecule has 0 amide bonds. The van der Waals surface area contributed by atoms with E-state index in [0.29, 0.717) is 5.41 Å². The van der Waals surface area contributed by atoms with Gasteiger partial charge in [-0.1, -0.05) is 27.2 Å². The molecule has 20 heavy (non-hydrogen) atoms. The zero-order valence-corrected chi connectivity index (χ0v) is 13.2. The van der Waals surface area contributed by atoms with E-state index in [1.807, 2.05) is 6.07 Å². The van der Waals surface area contributed by atoms with Crippen molar-refractivity contribution >= 4 is 21.6 Å². The van der Waals surface area contributed by atoms with Crippen LogP contribution in [-0.2, 0) is 12.8 Å². The number of fused-ring (bicyclic) bond motifs is 2. The highest BCUT2D eigenvalue weighted by Crippen LogP contribution is 2.40. The summed E-state index contributed by atoms with van der Waals surface area (Å²) < 4.78 is 0. The van der Waals surface area contributed by atoms with Crippen LogP contribution in [0.25, 0.3) is 10.2 Å². The number of rotatable bonds is 2. The maximum Gasteiger partial charge on any atom is 0.124 e. The summed E-state index contributed by atoms with van der Waals surface area (Å²) in [7, 11) is 0. The molecule has 0 saturated heterocycles. The highest BCUT2D eigenvalue weighted by molar-refractivity contribution is 7.19. The Morgan fingerprint density at radius 3 is 2.95 bits per heavy atom. The van der Waals surface area contributed by atoms with Crippen molar-refractivity contribution in [2.45, 2.75) is 46.5 Å². The van der Waals surface area contributed by atoms with Gasteiger partial charge in [-0.2, -0.15) is 5.26 Å². The summed E-state index contributed by atoms with van der Waals surface area (Å²) in [5.41, 5.74) is 3.06. The van der Waals surface area contributed by atoms with Gasteiger partial charge in [0.2, 0.25) is 0 Å². The summed E-state index contributed by atoms with van der Waals surface area (Å²) >= 11 is 1.51. The van der Waals surface area contributed by atoms with Crippen LogP contribution in [0.2, 0.25) is 0 Å². The lowest BCUT2D eigenvalue weighted by molar-refractivity contribution is 0.182. The Labute approximate surface area is 124 Å². The van der Waals surface area contributed by atoms with Gasteiger partial charge in [-0.15, -0.1) is 11.3 Å². The molecule has 1 atom stereocenters. The van der Waals surface area contributed by atoms with Gasteiger partial charge in [0.05, 0.1) is 0 Å². The fraction of sp³-hybridized carbons (Fsp3) is 0.529. The van der Waals surface area contributed by atoms with Crippen molar-refractivity contribution < 1.29 is 0 Å². The molecule has 0 saturated carbocycles. The number of aromatic nitrogens is 1. The first-order valence-corrected chi connectivity index (χ1v) is 8.17. The van der Waals surface area contributed by atoms with Crippen LogP contribution in [0.3, 0.4) is 0 Å². The zero-order chi connectivity index (χ0) is 14.3. The van der Waals surface area contributed by atoms with Crippen molar-refractivity contribution in [3.63, 3.8) is 0 Å². The standard InChI is InChI=1S/C17H20N2S/c1-4-17(2,3)13-5-6-15-11(8-13)7-12-9-14(10-18)20-16(12)19-15/h7,9,13H,4-6,8H2,1-3H3. The second-order valence-corrected chi connectivity index (χ2v) is 7.52. The molecule has 104 valence electrons. The van der Waals surface area contributed by atoms with Crippen LogP contribution in [0.1, 0.15) is 49.7 Å². The van der Waals surface area contributed by atoms with Crippen LogP contribution < -0.4 is 0 Å². The first kappa shape index (κ1) is 13.6. The van der Waals surface area contributed by atoms with Gasteiger partial charge in [-0.25, -0.2) is 4.98 Å². The van der Waals surface area contributed by atoms with Crippen molar-refractivity contribution in [3.05, 3.63) is 28.3 Å². The molecule has 2 aromatic rings. The van der Waals surface area contributed by atoms with E-state index in [2.05, 4.69) is 32.9 Å². The molecule has 0 aliphatic heterocycles. The Morgan fingerprint density at radius 2 is 2.25 bits per heavy atom. The van der Waals surface area contributed by atoms with Crippen molar-refractivity contribution in [2.24, 2.45) is 11.3 Å². The number of pyridine rings is 1. The molecule has 3 rings (SSSR count). The minimum Gasteiger partial charge on any atom is -0.242 e. The Hall–Kier alpha value is -1.40. The van der Waals surface area contributed by atoms with Gasteiger partial charge in [0, 0.05) is 11.1 Å². The number of thiophene rings is 1. The summed E-state index contributed by atoms with van der Waals surface area (Å²) in [5.74, 6) is 0.744. The van der Waals surface area contributed by atoms with Crippen LogP contribution in [0.15, 0.2) is 12.1 Å². The monoisotopic (exact) mass is 284 g/mol. The first-order valence-electron chi connectivity index (χ1n) is 7.36. The van der Waals surface area contributed by atoms with E-state index in [0.717, 1.165) is 33.9 Å². The number of hydrogen-bond acceptors (Lipinski definition) is 3. The minimum atomic E-state index is 0.402. The number of hydrogen-bond donors (Lipinski definition) is 0. The molecule has 0 N–H and O–H groups in total. The molecule has 0 radical (unpaired) electrons. The molecule has 1 aliphatic rings. The molecular formula is C17H20N2S. The smallest absolute Gasteiger partial charge is 0.124 e. The molecule has 2 heterocycles. The molecule has 2 nitrogen and oxygen atoms in total. The molecule has 0 aromatic carbocycles. The average molecular weight is 284 g/mol. The van der Waals surface area contributed by atoms with E-state index in [-0.39, 0.29) is 0 Å². The van der Waals surface area contributed by atoms with E-state index < -0.39 is 0 Å². The molecule has 3 heteroatoms. The highest BCUT2D eigenvalue weighted by Gasteiger charge is 2.31. The second-order valence-electron chi connectivity index (χ2n) is 6.49. The average Bonchev–Trinajstić information content (AvgIpc) is 2.85. The van der Waals surface area contributed by atoms with Crippen LogP contribution in [-0.4, -0.2) is 4.98 Å². The lowest BCUT2D eigenvalue weighted by Crippen LogP contribution is -2.29. The molecule has 0 spiro atoms. The zero-order valence-electron chi connectivity index (χ0n) is 12.4. The maximum atomic E-state index is 9.02. The quantitative estimate of drug-likeness (QED) is 0.800. The SMILES string of the molecule is CCC(C)(C)C1CCc2nc3sc(C#N)cc3cc2C1. The van der Waals surface area contributed by atoms with E-state index in [9.17, 15) is 0 Å². The minimum absolute atomic E-state index is 0.402. The van der Waals surface area contributed by atoms with E-state index >= 15 is 0 Å². The molecular weight excluding hydrogens is 264 g/mol. The van der Waals surface area contributed by atoms with Gasteiger partial charge < -0.3 is 0 Å². The summed E-state index contributed by atoms with van der Waals surface area (Å²) in [4.78, 5) is 6.58. The third-order valence-corrected chi connectivity index (χ3v) is 5.95. The molecule has 0 bridgehead atoms. The number of aryl methyl sites for hydroxylation is 1. The summed E-state index contributed by atoms with van der Waals surface area (Å²) in [5, 5.41) is 10.2. The number of nitriles is 1. The third-order valence-electron chi connectivity index (χ3n) is 5.00. The Bertz CT molecular complexity index is 691. The van der Waals surface area contributed by atoms with Crippen molar-refractivity contribution in [2.75, 3.05) is 0 Å². The largest absolute Gasteiger partial charge is 0.242 e. The summed E-state index contributed by atoms with van der Waals surface area (Å²) in [6.07, 6.45) is 4.68. The van der Waals surface area contributed by atoms with Crippen molar-refractivity contribution in [1.29, 1.82) is 5.26 Å². The topological polar surface area (TPSA) is 36.7 Å². The van der Waals surface area contributed by atoms with Gasteiger partial charge in [-0.3, -0.25) is 0 Å². The Balaban J connectivity index is 1.99. The molecule has 2 aromatic heterocycles. The first-order chi connectivity index (χ1) is 9.53. The highest BCUT2D eigenvalue weighted by atomic mass is 32.1. The lowest BCUT2D eigenvalue weighted by atomic mass is 9.69. The molecule has 0 fully saturated rings. The van der Waals surface area contributed by atoms with E-state index in [1.165, 1.54) is 35.4 Å². The maximum absolute atomic E-state index is 9.02. The van der Waals surface area contributed by atoms with Gasteiger partial charge in [-0.05, 0) is 48.3 Å². The van der Waals surface area contributed by atoms with Crippen molar-refractivity contribution in [1.82, 2.24) is 4.98 Å². The number of nitrogens with zero attached hydrogens (tertiary/aromatic N) is 2. The fourth-order valence-electron chi connectivity index (χ4n) is 3.13. The van der Waals surface area contributed by atoms with Crippen LogP contribution in [0.5, 0.6) is 0 Å². The normalized spacial score (nSPS) is 18.8. The van der Waals surface area contributed by atoms with Gasteiger partial charge in [0.25, 0.3) is 0 Å². The van der Waals surface area contributed by atoms with Gasteiger partial charge in [0.1, 0.15) is 15.8 Å². The van der Waals surface area contributed by atoms with Crippen LogP contribution >= 0.6 is 11.3 Å². The summed E-state index contributed by atoms with van der Waals surface area (Å²) in [6, 6.07) is 6.47. The third kappa shape index (κ3) is 2.23. The van der Waals surface area contributed by atoms with Gasteiger partial charge in [0.15, 0.2) is 0 Å². The van der Waals surface area contributed by atoms with Crippen molar-refractivity contribution in [3.8, 4) is 6.07 Å². The van der Waals surface area contributed by atoms with Gasteiger partial charge >= 0.3 is 0 Å². The predicted molar refractivity (Wildman–Crippen MR) is 83.9 cm³/mol. The molecule has 1 aliphatic carbocycles. The second kappa shape index (κ2) is 4.86. The lowest BCUT2D eigenvalue weighted by Gasteiger charge is -2.36. The fourth-order valence-corrected chi connectivity index (χ4v) is 3.97. The molecule has 1 unspecified atom stereocenters. The Kier molecular flexibility index (Phi) is 3.30. The van der Waals surface area contributed by atoms with Crippen LogP contribution in [0, 0.1) is 22.7 Å². The van der Waals surface area contributed by atoms with E-state index in [4.69, 9.17) is 10.2 Å².